The monoisotopic (exact) mass is 236 g/mol. The van der Waals surface area contributed by atoms with Crippen molar-refractivity contribution in [3.05, 3.63) is 11.4 Å². The van der Waals surface area contributed by atoms with Crippen LogP contribution < -0.4 is 5.32 Å². The van der Waals surface area contributed by atoms with Crippen LogP contribution in [0.5, 0.6) is 0 Å². The molecule has 96 valence electrons. The first-order valence-corrected chi connectivity index (χ1v) is 6.59. The molecule has 0 amide bonds. The molecule has 0 saturated heterocycles. The number of aryl methyl sites for hydroxylation is 2. The van der Waals surface area contributed by atoms with E-state index < -0.39 is 0 Å². The number of nitrogens with one attached hydrogen (secondary N) is 1. The van der Waals surface area contributed by atoms with Gasteiger partial charge in [0.05, 0.1) is 11.4 Å². The highest BCUT2D eigenvalue weighted by atomic mass is 15.3. The summed E-state index contributed by atoms with van der Waals surface area (Å²) in [7, 11) is 0. The first kappa shape index (κ1) is 13.9. The van der Waals surface area contributed by atoms with E-state index in [2.05, 4.69) is 55.1 Å². The van der Waals surface area contributed by atoms with E-state index in [-0.39, 0.29) is 5.54 Å². The van der Waals surface area contributed by atoms with E-state index >= 15 is 0 Å². The molecule has 0 aliphatic rings. The van der Waals surface area contributed by atoms with Gasteiger partial charge in [-0.2, -0.15) is 5.10 Å². The topological polar surface area (TPSA) is 50.7 Å². The van der Waals surface area contributed by atoms with Crippen molar-refractivity contribution in [2.24, 2.45) is 0 Å². The predicted molar refractivity (Wildman–Crippen MR) is 71.2 cm³/mol. The summed E-state index contributed by atoms with van der Waals surface area (Å²) < 4.78 is 0. The van der Waals surface area contributed by atoms with Crippen molar-refractivity contribution in [3.63, 3.8) is 0 Å². The average molecular weight is 236 g/mol. The Kier molecular flexibility index (Phi) is 4.85. The molecule has 0 radical (unpaired) electrons. The molecule has 0 bridgehead atoms. The summed E-state index contributed by atoms with van der Waals surface area (Å²) in [6, 6.07) is 0. The second-order valence-corrected chi connectivity index (χ2v) is 4.63. The molecule has 0 unspecified atom stereocenters. The quantitative estimate of drug-likeness (QED) is 0.825. The summed E-state index contributed by atoms with van der Waals surface area (Å²) in [6.07, 6.45) is 3.89. The molecule has 1 heterocycles. The van der Waals surface area contributed by atoms with E-state index in [0.717, 1.165) is 37.1 Å². The second kappa shape index (κ2) is 5.94. The molecule has 1 rings (SSSR count). The van der Waals surface area contributed by atoms with Crippen molar-refractivity contribution in [3.8, 4) is 0 Å². The maximum atomic E-state index is 4.56. The second-order valence-electron chi connectivity index (χ2n) is 4.63. The lowest BCUT2D eigenvalue weighted by Crippen LogP contribution is -2.34. The van der Waals surface area contributed by atoms with Crippen LogP contribution in [0.1, 0.15) is 58.8 Å². The Labute approximate surface area is 104 Å². The molecule has 1 aromatic heterocycles. The van der Waals surface area contributed by atoms with Gasteiger partial charge >= 0.3 is 0 Å². The minimum absolute atomic E-state index is 0.0560. The molecule has 0 spiro atoms. The largest absolute Gasteiger partial charge is 0.348 e. The van der Waals surface area contributed by atoms with Gasteiger partial charge in [-0.25, -0.2) is 4.98 Å². The maximum Gasteiger partial charge on any atom is 0.243 e. The van der Waals surface area contributed by atoms with Crippen LogP contribution in [0.3, 0.4) is 0 Å². The molecule has 1 N–H and O–H groups in total. The summed E-state index contributed by atoms with van der Waals surface area (Å²) >= 11 is 0. The van der Waals surface area contributed by atoms with Gasteiger partial charge in [-0.05, 0) is 32.6 Å². The van der Waals surface area contributed by atoms with Crippen molar-refractivity contribution in [1.29, 1.82) is 0 Å². The van der Waals surface area contributed by atoms with Crippen LogP contribution >= 0.6 is 0 Å². The zero-order valence-electron chi connectivity index (χ0n) is 11.7. The lowest BCUT2D eigenvalue weighted by atomic mass is 9.96. The molecule has 0 aliphatic heterocycles. The minimum atomic E-state index is 0.0560. The fourth-order valence-corrected chi connectivity index (χ4v) is 1.69. The maximum absolute atomic E-state index is 4.56. The molecule has 17 heavy (non-hydrogen) atoms. The first-order valence-electron chi connectivity index (χ1n) is 6.59. The summed E-state index contributed by atoms with van der Waals surface area (Å²) in [5, 5.41) is 11.8. The van der Waals surface area contributed by atoms with Crippen molar-refractivity contribution in [2.75, 3.05) is 5.32 Å². The van der Waals surface area contributed by atoms with Gasteiger partial charge in [0.25, 0.3) is 0 Å². The van der Waals surface area contributed by atoms with Crippen LogP contribution in [-0.4, -0.2) is 20.7 Å². The third-order valence-corrected chi connectivity index (χ3v) is 3.48. The van der Waals surface area contributed by atoms with Crippen molar-refractivity contribution >= 4 is 5.95 Å². The molecule has 4 nitrogen and oxygen atoms in total. The van der Waals surface area contributed by atoms with E-state index in [9.17, 15) is 0 Å². The van der Waals surface area contributed by atoms with Gasteiger partial charge in [0.2, 0.25) is 5.95 Å². The van der Waals surface area contributed by atoms with E-state index in [1.54, 1.807) is 0 Å². The highest BCUT2D eigenvalue weighted by Crippen LogP contribution is 2.19. The smallest absolute Gasteiger partial charge is 0.243 e. The Balaban J connectivity index is 2.93. The zero-order chi connectivity index (χ0) is 12.9. The lowest BCUT2D eigenvalue weighted by molar-refractivity contribution is 0.473. The number of hydrogen-bond acceptors (Lipinski definition) is 4. The highest BCUT2D eigenvalue weighted by molar-refractivity contribution is 5.29. The van der Waals surface area contributed by atoms with Crippen LogP contribution in [0, 0.1) is 0 Å². The van der Waals surface area contributed by atoms with Crippen LogP contribution in [0.25, 0.3) is 0 Å². The fraction of sp³-hybridized carbons (Fsp3) is 0.769. The molecule has 4 heteroatoms. The number of aromatic nitrogens is 3. The van der Waals surface area contributed by atoms with Crippen molar-refractivity contribution < 1.29 is 0 Å². The lowest BCUT2D eigenvalue weighted by Gasteiger charge is -2.28. The Morgan fingerprint density at radius 3 is 2.00 bits per heavy atom. The van der Waals surface area contributed by atoms with Crippen LogP contribution in [0.2, 0.25) is 0 Å². The fourth-order valence-electron chi connectivity index (χ4n) is 1.69. The summed E-state index contributed by atoms with van der Waals surface area (Å²) in [5.41, 5.74) is 2.12. The number of nitrogens with zero attached hydrogens (tertiary/aromatic N) is 3. The number of rotatable bonds is 6. The van der Waals surface area contributed by atoms with Crippen molar-refractivity contribution in [1.82, 2.24) is 15.2 Å². The van der Waals surface area contributed by atoms with Crippen LogP contribution in [-0.2, 0) is 12.8 Å². The minimum Gasteiger partial charge on any atom is -0.348 e. The van der Waals surface area contributed by atoms with Gasteiger partial charge < -0.3 is 5.32 Å². The van der Waals surface area contributed by atoms with Gasteiger partial charge in [0, 0.05) is 5.54 Å². The van der Waals surface area contributed by atoms with E-state index in [1.807, 2.05) is 0 Å². The Morgan fingerprint density at radius 1 is 0.941 bits per heavy atom. The molecule has 0 atom stereocenters. The number of anilines is 1. The molecule has 1 aromatic rings. The molecule has 0 fully saturated rings. The Hall–Kier alpha value is -1.19. The summed E-state index contributed by atoms with van der Waals surface area (Å²) in [6.45, 7) is 10.7. The summed E-state index contributed by atoms with van der Waals surface area (Å²) in [5.74, 6) is 0.658. The van der Waals surface area contributed by atoms with Crippen molar-refractivity contribution in [2.45, 2.75) is 65.8 Å². The molecular weight excluding hydrogens is 212 g/mol. The highest BCUT2D eigenvalue weighted by Gasteiger charge is 2.20. The predicted octanol–water partition coefficient (Wildman–Crippen LogP) is 2.99. The zero-order valence-corrected chi connectivity index (χ0v) is 11.7. The first-order chi connectivity index (χ1) is 8.08. The van der Waals surface area contributed by atoms with Gasteiger partial charge in [0.1, 0.15) is 0 Å². The third kappa shape index (κ3) is 3.38. The van der Waals surface area contributed by atoms with Crippen LogP contribution in [0.15, 0.2) is 0 Å². The molecule has 0 aromatic carbocycles. The molecular formula is C13H24N4. The standard InChI is InChI=1S/C13H24N4/c1-6-10-11(7-2)16-17-12(14-10)15-13(5,8-3)9-4/h6-9H2,1-5H3,(H,14,15,17). The SMILES string of the molecule is CCc1nnc(NC(C)(CC)CC)nc1CC. The van der Waals surface area contributed by atoms with E-state index in [0.29, 0.717) is 5.95 Å². The normalized spacial score (nSPS) is 11.6. The summed E-state index contributed by atoms with van der Waals surface area (Å²) in [4.78, 5) is 4.56. The van der Waals surface area contributed by atoms with Gasteiger partial charge in [-0.1, -0.05) is 27.7 Å². The van der Waals surface area contributed by atoms with Crippen LogP contribution in [0.4, 0.5) is 5.95 Å². The Morgan fingerprint density at radius 2 is 1.53 bits per heavy atom. The average Bonchev–Trinajstić information content (AvgIpc) is 2.38. The molecule has 0 aliphatic carbocycles. The van der Waals surface area contributed by atoms with Gasteiger partial charge in [-0.15, -0.1) is 5.10 Å². The molecule has 0 saturated carbocycles. The Bertz CT molecular complexity index is 358. The van der Waals surface area contributed by atoms with E-state index in [4.69, 9.17) is 0 Å². The van der Waals surface area contributed by atoms with Gasteiger partial charge in [-0.3, -0.25) is 0 Å². The van der Waals surface area contributed by atoms with Gasteiger partial charge in [0.15, 0.2) is 0 Å². The number of hydrogen-bond donors (Lipinski definition) is 1. The third-order valence-electron chi connectivity index (χ3n) is 3.48. The van der Waals surface area contributed by atoms with E-state index in [1.165, 1.54) is 0 Å².